The topological polar surface area (TPSA) is 81.3 Å². The molecule has 1 atom stereocenters. The fourth-order valence-corrected chi connectivity index (χ4v) is 5.26. The van der Waals surface area contributed by atoms with Gasteiger partial charge in [0.1, 0.15) is 6.54 Å². The average molecular weight is 494 g/mol. The Bertz CT molecular complexity index is 1480. The predicted molar refractivity (Wildman–Crippen MR) is 136 cm³/mol. The molecule has 1 amide bonds. The van der Waals surface area contributed by atoms with Crippen LogP contribution in [0.25, 0.3) is 17.0 Å². The van der Waals surface area contributed by atoms with Crippen molar-refractivity contribution >= 4 is 40.7 Å². The monoisotopic (exact) mass is 493 g/mol. The van der Waals surface area contributed by atoms with Crippen LogP contribution >= 0.6 is 23.4 Å². The van der Waals surface area contributed by atoms with Gasteiger partial charge in [0.2, 0.25) is 11.7 Å². The number of nitrogens with one attached hydrogen (secondary N) is 1. The number of hydrogen-bond donors (Lipinski definition) is 1. The summed E-state index contributed by atoms with van der Waals surface area (Å²) in [4.78, 5) is 31.7. The molecule has 9 heteroatoms. The van der Waals surface area contributed by atoms with Crippen LogP contribution in [0.1, 0.15) is 31.4 Å². The van der Waals surface area contributed by atoms with Crippen LogP contribution in [0.2, 0.25) is 5.02 Å². The van der Waals surface area contributed by atoms with E-state index in [1.54, 1.807) is 28.7 Å². The van der Waals surface area contributed by atoms with Crippen LogP contribution in [0, 0.1) is 0 Å². The summed E-state index contributed by atoms with van der Waals surface area (Å²) in [5.41, 5.74) is 3.71. The molecular weight excluding hydrogens is 470 g/mol. The number of benzene rings is 2. The fraction of sp³-hybridized carbons (Fsp3) is 0.280. The zero-order valence-corrected chi connectivity index (χ0v) is 20.7. The summed E-state index contributed by atoms with van der Waals surface area (Å²) in [6.07, 6.45) is 3.45. The van der Waals surface area contributed by atoms with E-state index < -0.39 is 0 Å². The second kappa shape index (κ2) is 8.60. The van der Waals surface area contributed by atoms with E-state index in [-0.39, 0.29) is 23.4 Å². The van der Waals surface area contributed by atoms with Crippen molar-refractivity contribution in [2.24, 2.45) is 0 Å². The molecule has 4 aromatic rings. The van der Waals surface area contributed by atoms with E-state index >= 15 is 0 Å². The highest BCUT2D eigenvalue weighted by Gasteiger charge is 2.38. The first-order valence-corrected chi connectivity index (χ1v) is 12.7. The molecule has 1 aliphatic carbocycles. The number of hydrogen-bond acceptors (Lipinski definition) is 5. The Morgan fingerprint density at radius 1 is 1.21 bits per heavy atom. The van der Waals surface area contributed by atoms with E-state index in [1.165, 1.54) is 22.0 Å². The lowest BCUT2D eigenvalue weighted by molar-refractivity contribution is -0.116. The van der Waals surface area contributed by atoms with E-state index in [0.717, 1.165) is 18.4 Å². The summed E-state index contributed by atoms with van der Waals surface area (Å²) in [6, 6.07) is 15.0. The van der Waals surface area contributed by atoms with Crippen LogP contribution in [-0.4, -0.2) is 31.3 Å². The molecule has 2 heterocycles. The number of amides is 1. The zero-order chi connectivity index (χ0) is 24.0. The van der Waals surface area contributed by atoms with Gasteiger partial charge in [0.05, 0.1) is 11.3 Å². The molecule has 7 nitrogen and oxygen atoms in total. The van der Waals surface area contributed by atoms with Crippen molar-refractivity contribution in [3.63, 3.8) is 0 Å². The summed E-state index contributed by atoms with van der Waals surface area (Å²) in [7, 11) is 0. The first-order chi connectivity index (χ1) is 16.3. The molecule has 34 heavy (non-hydrogen) atoms. The van der Waals surface area contributed by atoms with Crippen LogP contribution in [0.5, 0.6) is 0 Å². The molecule has 174 valence electrons. The standard InChI is InChI=1S/C25H24ClN5O2S/c1-4-25(2)13-15-7-5-6-8-18(15)21-20(25)22(33)31-23(28-21)30(29-24(31)34-3)14-19(32)27-17-11-9-16(26)10-12-17/h5-12H,4,13-14H2,1-3H3,(H,27,32)/t25-/m0/s1. The van der Waals surface area contributed by atoms with E-state index in [1.807, 2.05) is 24.5 Å². The molecule has 0 unspecified atom stereocenters. The van der Waals surface area contributed by atoms with E-state index in [9.17, 15) is 9.59 Å². The third-order valence-corrected chi connectivity index (χ3v) is 7.42. The predicted octanol–water partition coefficient (Wildman–Crippen LogP) is 4.80. The van der Waals surface area contributed by atoms with Crippen LogP contribution in [0.3, 0.4) is 0 Å². The summed E-state index contributed by atoms with van der Waals surface area (Å²) in [6.45, 7) is 4.15. The Hall–Kier alpha value is -3.10. The van der Waals surface area contributed by atoms with E-state index in [2.05, 4.69) is 30.3 Å². The van der Waals surface area contributed by atoms with E-state index in [0.29, 0.717) is 32.9 Å². The molecule has 0 spiro atoms. The summed E-state index contributed by atoms with van der Waals surface area (Å²) in [5.74, 6) is 0.0836. The number of halogens is 1. The number of carbonyl (C=O) groups excluding carboxylic acids is 1. The molecule has 2 aromatic heterocycles. The lowest BCUT2D eigenvalue weighted by Crippen LogP contribution is -2.38. The maximum atomic E-state index is 13.9. The lowest BCUT2D eigenvalue weighted by Gasteiger charge is -2.35. The first kappa shape index (κ1) is 22.7. The van der Waals surface area contributed by atoms with Crippen LogP contribution < -0.4 is 10.9 Å². The minimum Gasteiger partial charge on any atom is -0.324 e. The number of fused-ring (bicyclic) bond motifs is 4. The number of rotatable bonds is 5. The summed E-state index contributed by atoms with van der Waals surface area (Å²) >= 11 is 7.29. The van der Waals surface area contributed by atoms with Gasteiger partial charge in [-0.2, -0.15) is 0 Å². The van der Waals surface area contributed by atoms with Crippen molar-refractivity contribution in [1.29, 1.82) is 0 Å². The number of anilines is 1. The largest absolute Gasteiger partial charge is 0.324 e. The van der Waals surface area contributed by atoms with Gasteiger partial charge in [-0.15, -0.1) is 5.10 Å². The highest BCUT2D eigenvalue weighted by atomic mass is 35.5. The second-order valence-corrected chi connectivity index (χ2v) is 9.93. The van der Waals surface area contributed by atoms with Gasteiger partial charge in [-0.1, -0.05) is 61.5 Å². The molecule has 2 aromatic carbocycles. The fourth-order valence-electron chi connectivity index (χ4n) is 4.61. The minimum atomic E-state index is -0.335. The normalized spacial score (nSPS) is 16.8. The number of carbonyl (C=O) groups is 1. The SMILES string of the molecule is CC[C@@]1(C)Cc2ccccc2-c2nc3n(CC(=O)Nc4ccc(Cl)cc4)nc(SC)n3c(=O)c21. The van der Waals surface area contributed by atoms with Gasteiger partial charge < -0.3 is 5.32 Å². The molecule has 0 aliphatic heterocycles. The van der Waals surface area contributed by atoms with Crippen molar-refractivity contribution in [1.82, 2.24) is 19.2 Å². The first-order valence-electron chi connectivity index (χ1n) is 11.1. The van der Waals surface area contributed by atoms with Gasteiger partial charge in [-0.25, -0.2) is 14.1 Å². The van der Waals surface area contributed by atoms with Crippen molar-refractivity contribution in [2.75, 3.05) is 11.6 Å². The molecular formula is C25H24ClN5O2S. The third kappa shape index (κ3) is 3.71. The Balaban J connectivity index is 1.65. The highest BCUT2D eigenvalue weighted by Crippen LogP contribution is 2.42. The molecule has 0 bridgehead atoms. The number of nitrogens with zero attached hydrogens (tertiary/aromatic N) is 4. The van der Waals surface area contributed by atoms with Crippen molar-refractivity contribution in [2.45, 2.75) is 43.8 Å². The number of thioether (sulfide) groups is 1. The Kier molecular flexibility index (Phi) is 5.73. The number of aromatic nitrogens is 4. The smallest absolute Gasteiger partial charge is 0.265 e. The van der Waals surface area contributed by atoms with Crippen molar-refractivity contribution < 1.29 is 4.79 Å². The zero-order valence-electron chi connectivity index (χ0n) is 19.1. The van der Waals surface area contributed by atoms with Gasteiger partial charge in [0, 0.05) is 21.7 Å². The van der Waals surface area contributed by atoms with E-state index in [4.69, 9.17) is 16.6 Å². The molecule has 0 saturated heterocycles. The van der Waals surface area contributed by atoms with Gasteiger partial charge in [0.15, 0.2) is 5.16 Å². The Morgan fingerprint density at radius 2 is 1.94 bits per heavy atom. The van der Waals surface area contributed by atoms with Crippen molar-refractivity contribution in [3.05, 3.63) is 75.0 Å². The van der Waals surface area contributed by atoms with Crippen LogP contribution in [0.15, 0.2) is 58.5 Å². The molecule has 0 fully saturated rings. The highest BCUT2D eigenvalue weighted by molar-refractivity contribution is 7.98. The second-order valence-electron chi connectivity index (χ2n) is 8.72. The molecule has 0 saturated carbocycles. The molecule has 5 rings (SSSR count). The minimum absolute atomic E-state index is 0.0788. The van der Waals surface area contributed by atoms with Crippen molar-refractivity contribution in [3.8, 4) is 11.3 Å². The third-order valence-electron chi connectivity index (χ3n) is 6.53. The summed E-state index contributed by atoms with van der Waals surface area (Å²) < 4.78 is 3.04. The Labute approximate surface area is 206 Å². The van der Waals surface area contributed by atoms with Gasteiger partial charge in [-0.05, 0) is 48.9 Å². The van der Waals surface area contributed by atoms with Crippen LogP contribution in [-0.2, 0) is 23.2 Å². The van der Waals surface area contributed by atoms with Gasteiger partial charge in [0.25, 0.3) is 5.56 Å². The van der Waals surface area contributed by atoms with Gasteiger partial charge >= 0.3 is 0 Å². The molecule has 1 N–H and O–H groups in total. The maximum Gasteiger partial charge on any atom is 0.265 e. The molecule has 1 aliphatic rings. The maximum absolute atomic E-state index is 13.9. The quantitative estimate of drug-likeness (QED) is 0.404. The lowest BCUT2D eigenvalue weighted by atomic mass is 9.69. The van der Waals surface area contributed by atoms with Gasteiger partial charge in [-0.3, -0.25) is 9.59 Å². The molecule has 0 radical (unpaired) electrons. The average Bonchev–Trinajstić information content (AvgIpc) is 3.18. The Morgan fingerprint density at radius 3 is 2.65 bits per heavy atom. The van der Waals surface area contributed by atoms with Crippen LogP contribution in [0.4, 0.5) is 5.69 Å². The summed E-state index contributed by atoms with van der Waals surface area (Å²) in [5, 5.41) is 8.50.